The number of fused-ring (bicyclic) bond motifs is 2. The lowest BCUT2D eigenvalue weighted by molar-refractivity contribution is 0.171. The van der Waals surface area contributed by atoms with Crippen molar-refractivity contribution >= 4 is 28.4 Å². The molecule has 5 rings (SSSR count). The topological polar surface area (TPSA) is 109 Å². The molecule has 36 heavy (non-hydrogen) atoms. The molecule has 0 aliphatic carbocycles. The average molecular weight is 485 g/mol. The van der Waals surface area contributed by atoms with E-state index in [1.165, 1.54) is 0 Å². The number of primary amides is 1. The van der Waals surface area contributed by atoms with Crippen LogP contribution < -0.4 is 25.4 Å². The van der Waals surface area contributed by atoms with Gasteiger partial charge in [0.2, 0.25) is 0 Å². The van der Waals surface area contributed by atoms with E-state index in [4.69, 9.17) is 15.2 Å². The summed E-state index contributed by atoms with van der Waals surface area (Å²) >= 11 is 0. The molecule has 0 unspecified atom stereocenters. The van der Waals surface area contributed by atoms with Gasteiger partial charge in [-0.25, -0.2) is 4.79 Å². The fourth-order valence-corrected chi connectivity index (χ4v) is 4.48. The van der Waals surface area contributed by atoms with Gasteiger partial charge in [-0.1, -0.05) is 6.07 Å². The maximum atomic E-state index is 11.5. The molecule has 2 aromatic carbocycles. The third kappa shape index (κ3) is 5.08. The van der Waals surface area contributed by atoms with Gasteiger partial charge in [0, 0.05) is 55.4 Å². The molecule has 184 valence electrons. The summed E-state index contributed by atoms with van der Waals surface area (Å²) < 4.78 is 13.4. The summed E-state index contributed by atoms with van der Waals surface area (Å²) in [5.41, 5.74) is 7.90. The number of aromatic nitrogens is 1. The summed E-state index contributed by atoms with van der Waals surface area (Å²) in [5, 5.41) is 12.9. The Morgan fingerprint density at radius 3 is 2.67 bits per heavy atom. The standard InChI is InChI=1S/C27H28N6O3/c28-19-20-4-5-21-17-26(30-27(29)34)33(23(21)16-20)11-2-1-8-31-9-3-10-32(13-12-31)22-6-7-24-25(18-22)36-15-14-35-24/h3-7,9,12-13,16-18H,1-2,8,10-11,14-15H2,(H3,29,30,34). The Morgan fingerprint density at radius 2 is 1.83 bits per heavy atom. The van der Waals surface area contributed by atoms with Crippen molar-refractivity contribution in [2.75, 3.05) is 36.5 Å². The molecule has 0 saturated heterocycles. The molecule has 9 nitrogen and oxygen atoms in total. The highest BCUT2D eigenvalue weighted by Gasteiger charge is 2.15. The van der Waals surface area contributed by atoms with Crippen LogP contribution in [0.25, 0.3) is 10.9 Å². The smallest absolute Gasteiger partial charge is 0.317 e. The SMILES string of the molecule is N#Cc1ccc2cc(NC(N)=O)n(CCCCN3C=CCN(c4ccc5c(c4)OCCO5)C=C3)c2c1. The predicted octanol–water partition coefficient (Wildman–Crippen LogP) is 4.36. The first-order valence-corrected chi connectivity index (χ1v) is 12.0. The number of carbonyl (C=O) groups excluding carboxylic acids is 1. The van der Waals surface area contributed by atoms with E-state index < -0.39 is 6.03 Å². The van der Waals surface area contributed by atoms with Crippen molar-refractivity contribution in [2.45, 2.75) is 19.4 Å². The monoisotopic (exact) mass is 484 g/mol. The van der Waals surface area contributed by atoms with Gasteiger partial charge < -0.3 is 29.6 Å². The first-order valence-electron chi connectivity index (χ1n) is 12.0. The normalized spacial score (nSPS) is 14.5. The Kier molecular flexibility index (Phi) is 6.67. The maximum absolute atomic E-state index is 11.5. The molecule has 0 bridgehead atoms. The van der Waals surface area contributed by atoms with Crippen molar-refractivity contribution in [3.05, 3.63) is 72.7 Å². The van der Waals surface area contributed by atoms with Crippen LogP contribution in [0, 0.1) is 11.3 Å². The number of aryl methyl sites for hydroxylation is 1. The largest absolute Gasteiger partial charge is 0.486 e. The number of hydrogen-bond acceptors (Lipinski definition) is 6. The van der Waals surface area contributed by atoms with Crippen LogP contribution in [0.3, 0.4) is 0 Å². The van der Waals surface area contributed by atoms with E-state index in [1.54, 1.807) is 6.07 Å². The number of ether oxygens (including phenoxy) is 2. The summed E-state index contributed by atoms with van der Waals surface area (Å²) in [6.07, 6.45) is 10.2. The molecular formula is C27H28N6O3. The van der Waals surface area contributed by atoms with Crippen molar-refractivity contribution in [3.63, 3.8) is 0 Å². The van der Waals surface area contributed by atoms with Crippen molar-refractivity contribution in [3.8, 4) is 17.6 Å². The third-order valence-electron chi connectivity index (χ3n) is 6.23. The van der Waals surface area contributed by atoms with Crippen molar-refractivity contribution in [2.24, 2.45) is 5.73 Å². The van der Waals surface area contributed by atoms with Crippen LogP contribution in [0.15, 0.2) is 67.1 Å². The Morgan fingerprint density at radius 1 is 1.00 bits per heavy atom. The van der Waals surface area contributed by atoms with Gasteiger partial charge in [0.1, 0.15) is 19.0 Å². The molecule has 2 aliphatic rings. The van der Waals surface area contributed by atoms with E-state index in [0.717, 1.165) is 54.0 Å². The summed E-state index contributed by atoms with van der Waals surface area (Å²) in [7, 11) is 0. The van der Waals surface area contributed by atoms with Gasteiger partial charge in [0.25, 0.3) is 0 Å². The number of benzene rings is 2. The van der Waals surface area contributed by atoms with Crippen molar-refractivity contribution in [1.29, 1.82) is 5.26 Å². The van der Waals surface area contributed by atoms with Gasteiger partial charge in [0.15, 0.2) is 11.5 Å². The molecule has 0 atom stereocenters. The molecule has 2 amide bonds. The fraction of sp³-hybridized carbons (Fsp3) is 0.259. The van der Waals surface area contributed by atoms with Crippen LogP contribution in [-0.4, -0.2) is 41.8 Å². The van der Waals surface area contributed by atoms with Crippen molar-refractivity contribution < 1.29 is 14.3 Å². The van der Waals surface area contributed by atoms with Gasteiger partial charge in [0.05, 0.1) is 17.1 Å². The molecule has 1 aromatic heterocycles. The molecule has 2 aliphatic heterocycles. The van der Waals surface area contributed by atoms with Crippen LogP contribution in [-0.2, 0) is 6.54 Å². The van der Waals surface area contributed by atoms with E-state index in [2.05, 4.69) is 45.9 Å². The first-order chi connectivity index (χ1) is 17.6. The highest BCUT2D eigenvalue weighted by molar-refractivity contribution is 5.93. The zero-order chi connectivity index (χ0) is 24.9. The number of amides is 2. The van der Waals surface area contributed by atoms with E-state index in [0.29, 0.717) is 31.1 Å². The van der Waals surface area contributed by atoms with Crippen molar-refractivity contribution in [1.82, 2.24) is 9.47 Å². The van der Waals surface area contributed by atoms with Crippen LogP contribution in [0.1, 0.15) is 18.4 Å². The second-order valence-corrected chi connectivity index (χ2v) is 8.66. The fourth-order valence-electron chi connectivity index (χ4n) is 4.48. The molecule has 0 fully saturated rings. The number of nitrogens with zero attached hydrogens (tertiary/aromatic N) is 4. The second-order valence-electron chi connectivity index (χ2n) is 8.66. The minimum absolute atomic E-state index is 0.568. The molecule has 0 spiro atoms. The Labute approximate surface area is 209 Å². The Balaban J connectivity index is 1.21. The highest BCUT2D eigenvalue weighted by Crippen LogP contribution is 2.34. The lowest BCUT2D eigenvalue weighted by atomic mass is 10.2. The predicted molar refractivity (Wildman–Crippen MR) is 139 cm³/mol. The molecule has 9 heteroatoms. The van der Waals surface area contributed by atoms with E-state index in [9.17, 15) is 10.1 Å². The zero-order valence-corrected chi connectivity index (χ0v) is 19.9. The minimum atomic E-state index is -0.609. The lowest BCUT2D eigenvalue weighted by Gasteiger charge is -2.23. The van der Waals surface area contributed by atoms with Crippen LogP contribution in [0.5, 0.6) is 11.5 Å². The quantitative estimate of drug-likeness (QED) is 0.482. The Bertz CT molecular complexity index is 1370. The number of unbranched alkanes of at least 4 members (excludes halogenated alkanes) is 1. The first kappa shape index (κ1) is 23.2. The van der Waals surface area contributed by atoms with Gasteiger partial charge >= 0.3 is 6.03 Å². The maximum Gasteiger partial charge on any atom is 0.317 e. The number of nitrogens with two attached hydrogens (primary N) is 1. The van der Waals surface area contributed by atoms with Crippen LogP contribution in [0.4, 0.5) is 16.3 Å². The van der Waals surface area contributed by atoms with Crippen LogP contribution in [0.2, 0.25) is 0 Å². The van der Waals surface area contributed by atoms with Gasteiger partial charge in [-0.15, -0.1) is 0 Å². The van der Waals surface area contributed by atoms with Crippen LogP contribution >= 0.6 is 0 Å². The number of nitrogens with one attached hydrogen (secondary N) is 1. The lowest BCUT2D eigenvalue weighted by Crippen LogP contribution is -2.21. The zero-order valence-electron chi connectivity index (χ0n) is 19.9. The Hall–Kier alpha value is -4.58. The van der Waals surface area contributed by atoms with E-state index in [1.807, 2.05) is 41.0 Å². The number of urea groups is 1. The number of rotatable bonds is 7. The van der Waals surface area contributed by atoms with Gasteiger partial charge in [-0.2, -0.15) is 5.26 Å². The molecule has 0 saturated carbocycles. The van der Waals surface area contributed by atoms with Gasteiger partial charge in [-0.05, 0) is 49.2 Å². The summed E-state index contributed by atoms with van der Waals surface area (Å²) in [4.78, 5) is 15.8. The molecule has 3 aromatic rings. The number of carbonyl (C=O) groups is 1. The molecule has 3 heterocycles. The molecule has 3 N–H and O–H groups in total. The molecule has 0 radical (unpaired) electrons. The summed E-state index contributed by atoms with van der Waals surface area (Å²) in [6, 6.07) is 15.0. The minimum Gasteiger partial charge on any atom is -0.486 e. The average Bonchev–Trinajstić information content (AvgIpc) is 3.05. The number of nitriles is 1. The summed E-state index contributed by atoms with van der Waals surface area (Å²) in [5.74, 6) is 2.20. The third-order valence-corrected chi connectivity index (χ3v) is 6.23. The van der Waals surface area contributed by atoms with E-state index in [-0.39, 0.29) is 0 Å². The van der Waals surface area contributed by atoms with E-state index >= 15 is 0 Å². The summed E-state index contributed by atoms with van der Waals surface area (Å²) in [6.45, 7) is 3.45. The number of hydrogen-bond donors (Lipinski definition) is 2. The highest BCUT2D eigenvalue weighted by atomic mass is 16.6. The number of anilines is 2. The second kappa shape index (κ2) is 10.4. The van der Waals surface area contributed by atoms with Gasteiger partial charge in [-0.3, -0.25) is 5.32 Å². The molecular weight excluding hydrogens is 456 g/mol.